The van der Waals surface area contributed by atoms with Crippen molar-refractivity contribution in [2.45, 2.75) is 52.9 Å². The molecule has 0 aliphatic heterocycles. The van der Waals surface area contributed by atoms with E-state index in [1.165, 1.54) is 0 Å². The fourth-order valence-electron chi connectivity index (χ4n) is 3.73. The van der Waals surface area contributed by atoms with Gasteiger partial charge in [-0.2, -0.15) is 0 Å². The molecule has 0 radical (unpaired) electrons. The zero-order chi connectivity index (χ0) is 34.3. The Balaban J connectivity index is 3.16. The van der Waals surface area contributed by atoms with E-state index in [2.05, 4.69) is 6.92 Å². The van der Waals surface area contributed by atoms with E-state index in [-0.39, 0.29) is 30.9 Å². The van der Waals surface area contributed by atoms with Crippen LogP contribution in [-0.2, 0) is 66.4 Å². The highest BCUT2D eigenvalue weighted by Gasteiger charge is 2.16. The predicted octanol–water partition coefficient (Wildman–Crippen LogP) is 2.87. The summed E-state index contributed by atoms with van der Waals surface area (Å²) in [5, 5.41) is 0. The highest BCUT2D eigenvalue weighted by Crippen LogP contribution is 2.14. The first-order chi connectivity index (χ1) is 23.2. The third-order valence-electron chi connectivity index (χ3n) is 6.31. The van der Waals surface area contributed by atoms with Crippen LogP contribution in [0.4, 0.5) is 0 Å². The van der Waals surface area contributed by atoms with E-state index in [0.29, 0.717) is 139 Å². The van der Waals surface area contributed by atoms with Crippen LogP contribution in [-0.4, -0.2) is 157 Å². The van der Waals surface area contributed by atoms with Crippen LogP contribution in [0.1, 0.15) is 52.9 Å². The average Bonchev–Trinajstić information content (AvgIpc) is 3.07. The molecule has 0 spiro atoms. The van der Waals surface area contributed by atoms with E-state index in [0.717, 1.165) is 25.7 Å². The van der Waals surface area contributed by atoms with E-state index in [1.54, 1.807) is 6.92 Å². The van der Waals surface area contributed by atoms with E-state index >= 15 is 0 Å². The molecule has 14 nitrogen and oxygen atoms in total. The summed E-state index contributed by atoms with van der Waals surface area (Å²) in [5.74, 6) is -0.383. The molecule has 0 aromatic carbocycles. The Bertz CT molecular complexity index is 655. The summed E-state index contributed by atoms with van der Waals surface area (Å²) >= 11 is 0. The molecule has 0 amide bonds. The first-order valence-corrected chi connectivity index (χ1v) is 17.2. The van der Waals surface area contributed by atoms with Crippen molar-refractivity contribution in [1.82, 2.24) is 0 Å². The third kappa shape index (κ3) is 35.7. The minimum Gasteiger partial charge on any atom is -0.466 e. The van der Waals surface area contributed by atoms with Gasteiger partial charge in [0, 0.05) is 0 Å². The van der Waals surface area contributed by atoms with Crippen LogP contribution in [0.15, 0.2) is 0 Å². The molecule has 0 fully saturated rings. The zero-order valence-electron chi connectivity index (χ0n) is 29.4. The smallest absolute Gasteiger partial charge is 0.308 e. The first kappa shape index (κ1) is 45.5. The van der Waals surface area contributed by atoms with Crippen molar-refractivity contribution in [3.8, 4) is 0 Å². The minimum absolute atomic E-state index is 0.00653. The van der Waals surface area contributed by atoms with E-state index in [9.17, 15) is 9.59 Å². The summed E-state index contributed by atoms with van der Waals surface area (Å²) < 4.78 is 64.5. The van der Waals surface area contributed by atoms with Gasteiger partial charge in [-0.1, -0.05) is 26.7 Å². The lowest BCUT2D eigenvalue weighted by atomic mass is 10.00. The van der Waals surface area contributed by atoms with Gasteiger partial charge in [0.05, 0.1) is 151 Å². The molecule has 0 saturated heterocycles. The highest BCUT2D eigenvalue weighted by atomic mass is 16.6. The molecular weight excluding hydrogens is 620 g/mol. The number of ether oxygens (including phenoxy) is 12. The van der Waals surface area contributed by atoms with E-state index in [1.807, 2.05) is 6.92 Å². The molecule has 0 bridgehead atoms. The number of hydrogen-bond donors (Lipinski definition) is 0. The number of rotatable bonds is 39. The summed E-state index contributed by atoms with van der Waals surface area (Å²) in [5.41, 5.74) is 0. The summed E-state index contributed by atoms with van der Waals surface area (Å²) in [4.78, 5) is 23.2. The molecular formula is C33H64O14. The van der Waals surface area contributed by atoms with Crippen molar-refractivity contribution in [1.29, 1.82) is 0 Å². The number of carbonyl (C=O) groups excluding carboxylic acids is 2. The summed E-state index contributed by atoms with van der Waals surface area (Å²) in [6.45, 7) is 15.8. The van der Waals surface area contributed by atoms with Gasteiger partial charge in [-0.15, -0.1) is 0 Å². The summed E-state index contributed by atoms with van der Waals surface area (Å²) in [6.07, 6.45) is 4.08. The maximum atomic E-state index is 12.0. The maximum absolute atomic E-state index is 12.0. The lowest BCUT2D eigenvalue weighted by Crippen LogP contribution is -2.20. The molecule has 0 aromatic rings. The minimum atomic E-state index is -0.253. The molecule has 0 N–H and O–H groups in total. The lowest BCUT2D eigenvalue weighted by molar-refractivity contribution is -0.150. The number of carbonyl (C=O) groups is 2. The molecule has 0 aliphatic carbocycles. The topological polar surface area (TPSA) is 145 Å². The molecule has 0 aromatic heterocycles. The maximum Gasteiger partial charge on any atom is 0.308 e. The van der Waals surface area contributed by atoms with Gasteiger partial charge in [-0.3, -0.25) is 9.59 Å². The van der Waals surface area contributed by atoms with Crippen LogP contribution in [0.2, 0.25) is 0 Å². The quantitative estimate of drug-likeness (QED) is 0.0691. The highest BCUT2D eigenvalue weighted by molar-refractivity contribution is 5.72. The lowest BCUT2D eigenvalue weighted by Gasteiger charge is -2.13. The Labute approximate surface area is 282 Å². The summed E-state index contributed by atoms with van der Waals surface area (Å²) in [6, 6.07) is 0. The van der Waals surface area contributed by atoms with Crippen LogP contribution < -0.4 is 0 Å². The Morgan fingerprint density at radius 1 is 0.426 bits per heavy atom. The van der Waals surface area contributed by atoms with Gasteiger partial charge in [0.2, 0.25) is 0 Å². The Hall–Kier alpha value is -1.46. The summed E-state index contributed by atoms with van der Waals surface area (Å²) in [7, 11) is 0. The van der Waals surface area contributed by atoms with Gasteiger partial charge in [-0.05, 0) is 19.8 Å². The average molecular weight is 685 g/mol. The molecule has 0 saturated carbocycles. The Morgan fingerprint density at radius 2 is 0.745 bits per heavy atom. The van der Waals surface area contributed by atoms with Crippen LogP contribution in [0.3, 0.4) is 0 Å². The van der Waals surface area contributed by atoms with Crippen molar-refractivity contribution in [3.05, 3.63) is 0 Å². The van der Waals surface area contributed by atoms with Crippen LogP contribution >= 0.6 is 0 Å². The second-order valence-electron chi connectivity index (χ2n) is 10.1. The van der Waals surface area contributed by atoms with E-state index < -0.39 is 0 Å². The third-order valence-corrected chi connectivity index (χ3v) is 6.31. The molecule has 0 heterocycles. The molecule has 14 heteroatoms. The second-order valence-corrected chi connectivity index (χ2v) is 10.1. The van der Waals surface area contributed by atoms with Crippen molar-refractivity contribution in [2.75, 3.05) is 145 Å². The Kier molecular flexibility index (Phi) is 37.8. The van der Waals surface area contributed by atoms with Crippen LogP contribution in [0, 0.1) is 5.92 Å². The number of hydrogen-bond acceptors (Lipinski definition) is 14. The van der Waals surface area contributed by atoms with Crippen molar-refractivity contribution >= 4 is 11.9 Å². The van der Waals surface area contributed by atoms with Crippen molar-refractivity contribution < 1.29 is 66.4 Å². The predicted molar refractivity (Wildman–Crippen MR) is 174 cm³/mol. The first-order valence-electron chi connectivity index (χ1n) is 17.2. The fraction of sp³-hybridized carbons (Fsp3) is 0.939. The van der Waals surface area contributed by atoms with Crippen molar-refractivity contribution in [3.63, 3.8) is 0 Å². The molecule has 280 valence electrons. The van der Waals surface area contributed by atoms with E-state index in [4.69, 9.17) is 56.8 Å². The molecule has 47 heavy (non-hydrogen) atoms. The van der Waals surface area contributed by atoms with Gasteiger partial charge < -0.3 is 56.8 Å². The van der Waals surface area contributed by atoms with Gasteiger partial charge in [-0.25, -0.2) is 0 Å². The molecule has 1 atom stereocenters. The van der Waals surface area contributed by atoms with Crippen molar-refractivity contribution in [2.24, 2.45) is 5.92 Å². The second kappa shape index (κ2) is 39.0. The molecule has 1 unspecified atom stereocenters. The van der Waals surface area contributed by atoms with Gasteiger partial charge in [0.25, 0.3) is 0 Å². The normalized spacial score (nSPS) is 12.0. The monoisotopic (exact) mass is 684 g/mol. The van der Waals surface area contributed by atoms with Crippen LogP contribution in [0.5, 0.6) is 0 Å². The zero-order valence-corrected chi connectivity index (χ0v) is 29.4. The molecule has 0 rings (SSSR count). The van der Waals surface area contributed by atoms with Gasteiger partial charge >= 0.3 is 11.9 Å². The fourth-order valence-corrected chi connectivity index (χ4v) is 3.73. The number of esters is 2. The van der Waals surface area contributed by atoms with Crippen LogP contribution in [0.25, 0.3) is 0 Å². The SMILES string of the molecule is CCCCC(CC)C(=O)OCCOCCOCCOCCOCCOCCOCCOCCOCCOCCOCCC(=O)OCC. The Morgan fingerprint density at radius 3 is 1.04 bits per heavy atom. The molecule has 0 aliphatic rings. The standard InChI is InChI=1S/C33H64O14/c1-4-7-8-31(5-2)33(35)47-30-29-45-28-27-44-26-25-43-24-23-42-22-21-41-20-19-40-18-17-39-16-15-38-14-13-37-12-11-36-10-9-32(34)46-6-3/h31H,4-30H2,1-3H3. The van der Waals surface area contributed by atoms with Gasteiger partial charge in [0.1, 0.15) is 6.61 Å². The number of unbranched alkanes of at least 4 members (excludes halogenated alkanes) is 1. The van der Waals surface area contributed by atoms with Gasteiger partial charge in [0.15, 0.2) is 0 Å². The largest absolute Gasteiger partial charge is 0.466 e.